The standard InChI is InChI=1S/C21H34N2O3/c1-15(2)26-20(24)23-11-6-10-22-18-9-12-25-19-8-7-16(13-17(18)19)14-21(3,4)5/h7-8,13,15,18,22H,6,9-12,14H2,1-5H3,(H,23,24)/t18-/m0/s1. The SMILES string of the molecule is CC(C)OC(=O)NCCCN[C@H]1CCOc2ccc(CC(C)(C)C)cc21. The van der Waals surface area contributed by atoms with Gasteiger partial charge >= 0.3 is 6.09 Å². The lowest BCUT2D eigenvalue weighted by molar-refractivity contribution is 0.115. The highest BCUT2D eigenvalue weighted by Gasteiger charge is 2.22. The molecule has 5 nitrogen and oxygen atoms in total. The van der Waals surface area contributed by atoms with E-state index in [2.05, 4.69) is 49.6 Å². The van der Waals surface area contributed by atoms with Crippen LogP contribution in [0.1, 0.15) is 64.6 Å². The van der Waals surface area contributed by atoms with Crippen LogP contribution in [0.4, 0.5) is 4.79 Å². The van der Waals surface area contributed by atoms with Crippen LogP contribution in [-0.2, 0) is 11.2 Å². The zero-order valence-electron chi connectivity index (χ0n) is 16.9. The van der Waals surface area contributed by atoms with Crippen molar-refractivity contribution < 1.29 is 14.3 Å². The molecule has 1 atom stereocenters. The Balaban J connectivity index is 1.84. The lowest BCUT2D eigenvalue weighted by atomic mass is 9.86. The Morgan fingerprint density at radius 1 is 1.31 bits per heavy atom. The zero-order valence-corrected chi connectivity index (χ0v) is 16.9. The molecule has 146 valence electrons. The van der Waals surface area contributed by atoms with Gasteiger partial charge in [-0.3, -0.25) is 0 Å². The molecule has 1 aliphatic heterocycles. The van der Waals surface area contributed by atoms with Crippen molar-refractivity contribution in [2.45, 2.75) is 66.0 Å². The molecule has 26 heavy (non-hydrogen) atoms. The number of ether oxygens (including phenoxy) is 2. The summed E-state index contributed by atoms with van der Waals surface area (Å²) in [7, 11) is 0. The molecule has 1 aliphatic rings. The van der Waals surface area contributed by atoms with Crippen molar-refractivity contribution in [1.82, 2.24) is 10.6 Å². The first-order chi connectivity index (χ1) is 12.2. The molecule has 0 fully saturated rings. The fraction of sp³-hybridized carbons (Fsp3) is 0.667. The van der Waals surface area contributed by atoms with Gasteiger partial charge in [-0.15, -0.1) is 0 Å². The molecule has 1 heterocycles. The quantitative estimate of drug-likeness (QED) is 0.713. The lowest BCUT2D eigenvalue weighted by Crippen LogP contribution is -2.32. The minimum atomic E-state index is -0.344. The Morgan fingerprint density at radius 3 is 2.77 bits per heavy atom. The van der Waals surface area contributed by atoms with Crippen LogP contribution >= 0.6 is 0 Å². The van der Waals surface area contributed by atoms with E-state index in [4.69, 9.17) is 9.47 Å². The molecule has 1 aromatic carbocycles. The number of carbonyl (C=O) groups is 1. The van der Waals surface area contributed by atoms with Crippen LogP contribution in [0.3, 0.4) is 0 Å². The zero-order chi connectivity index (χ0) is 19.2. The van der Waals surface area contributed by atoms with Gasteiger partial charge in [-0.2, -0.15) is 0 Å². The predicted octanol–water partition coefficient (Wildman–Crippen LogP) is 4.21. The molecule has 0 saturated carbocycles. The number of carbonyl (C=O) groups excluding carboxylic acids is 1. The molecule has 2 N–H and O–H groups in total. The number of amides is 1. The number of rotatable bonds is 7. The van der Waals surface area contributed by atoms with Gasteiger partial charge in [0.1, 0.15) is 5.75 Å². The minimum absolute atomic E-state index is 0.0887. The second kappa shape index (κ2) is 9.26. The molecule has 0 aromatic heterocycles. The van der Waals surface area contributed by atoms with E-state index in [0.717, 1.165) is 38.2 Å². The summed E-state index contributed by atoms with van der Waals surface area (Å²) in [4.78, 5) is 11.5. The van der Waals surface area contributed by atoms with E-state index in [1.165, 1.54) is 11.1 Å². The van der Waals surface area contributed by atoms with E-state index in [9.17, 15) is 4.79 Å². The summed E-state index contributed by atoms with van der Waals surface area (Å²) >= 11 is 0. The maximum absolute atomic E-state index is 11.5. The largest absolute Gasteiger partial charge is 0.493 e. The Kier molecular flexibility index (Phi) is 7.33. The number of nitrogens with one attached hydrogen (secondary N) is 2. The summed E-state index contributed by atoms with van der Waals surface area (Å²) in [6, 6.07) is 6.88. The first-order valence-corrected chi connectivity index (χ1v) is 9.68. The van der Waals surface area contributed by atoms with Crippen LogP contribution in [0.2, 0.25) is 0 Å². The van der Waals surface area contributed by atoms with Crippen molar-refractivity contribution in [3.05, 3.63) is 29.3 Å². The second-order valence-corrected chi connectivity index (χ2v) is 8.49. The van der Waals surface area contributed by atoms with Gasteiger partial charge < -0.3 is 20.1 Å². The maximum atomic E-state index is 11.5. The number of benzene rings is 1. The molecule has 0 saturated heterocycles. The van der Waals surface area contributed by atoms with E-state index in [-0.39, 0.29) is 17.6 Å². The second-order valence-electron chi connectivity index (χ2n) is 8.49. The fourth-order valence-corrected chi connectivity index (χ4v) is 3.19. The summed E-state index contributed by atoms with van der Waals surface area (Å²) in [6.45, 7) is 12.7. The van der Waals surface area contributed by atoms with Gasteiger partial charge in [-0.05, 0) is 50.3 Å². The summed E-state index contributed by atoms with van der Waals surface area (Å²) in [5.74, 6) is 0.991. The smallest absolute Gasteiger partial charge is 0.407 e. The van der Waals surface area contributed by atoms with Gasteiger partial charge in [0, 0.05) is 24.6 Å². The molecule has 2 rings (SSSR count). The molecule has 5 heteroatoms. The predicted molar refractivity (Wildman–Crippen MR) is 105 cm³/mol. The molecule has 0 unspecified atom stereocenters. The Morgan fingerprint density at radius 2 is 2.08 bits per heavy atom. The third-order valence-corrected chi connectivity index (χ3v) is 4.20. The van der Waals surface area contributed by atoms with Gasteiger partial charge in [-0.25, -0.2) is 4.79 Å². The highest BCUT2D eigenvalue weighted by atomic mass is 16.6. The summed E-state index contributed by atoms with van der Waals surface area (Å²) in [5, 5.41) is 6.39. The third kappa shape index (κ3) is 6.87. The van der Waals surface area contributed by atoms with Crippen LogP contribution in [0.15, 0.2) is 18.2 Å². The fourth-order valence-electron chi connectivity index (χ4n) is 3.19. The molecule has 0 aliphatic carbocycles. The Bertz CT molecular complexity index is 593. The molecule has 0 bridgehead atoms. The number of fused-ring (bicyclic) bond motifs is 1. The molecular weight excluding hydrogens is 328 g/mol. The van der Waals surface area contributed by atoms with Gasteiger partial charge in [0.25, 0.3) is 0 Å². The highest BCUT2D eigenvalue weighted by molar-refractivity contribution is 5.67. The highest BCUT2D eigenvalue weighted by Crippen LogP contribution is 2.34. The van der Waals surface area contributed by atoms with Gasteiger partial charge in [0.05, 0.1) is 12.7 Å². The maximum Gasteiger partial charge on any atom is 0.407 e. The van der Waals surface area contributed by atoms with E-state index in [0.29, 0.717) is 12.6 Å². The van der Waals surface area contributed by atoms with Crippen molar-refractivity contribution in [3.8, 4) is 5.75 Å². The minimum Gasteiger partial charge on any atom is -0.493 e. The third-order valence-electron chi connectivity index (χ3n) is 4.20. The topological polar surface area (TPSA) is 59.6 Å². The van der Waals surface area contributed by atoms with Crippen molar-refractivity contribution in [2.24, 2.45) is 5.41 Å². The van der Waals surface area contributed by atoms with Crippen LogP contribution in [-0.4, -0.2) is 31.9 Å². The number of hydrogen-bond acceptors (Lipinski definition) is 4. The Hall–Kier alpha value is -1.75. The van der Waals surface area contributed by atoms with Crippen LogP contribution in [0, 0.1) is 5.41 Å². The molecule has 0 radical (unpaired) electrons. The van der Waals surface area contributed by atoms with E-state index < -0.39 is 0 Å². The number of alkyl carbamates (subject to hydrolysis) is 1. The monoisotopic (exact) mass is 362 g/mol. The molecular formula is C21H34N2O3. The normalized spacial score (nSPS) is 16.8. The first kappa shape index (κ1) is 20.6. The van der Waals surface area contributed by atoms with Crippen LogP contribution in [0.25, 0.3) is 0 Å². The first-order valence-electron chi connectivity index (χ1n) is 9.68. The molecule has 1 amide bonds. The van der Waals surface area contributed by atoms with E-state index in [1.807, 2.05) is 13.8 Å². The van der Waals surface area contributed by atoms with Gasteiger partial charge in [-0.1, -0.05) is 32.9 Å². The number of hydrogen-bond donors (Lipinski definition) is 2. The Labute approximate surface area is 157 Å². The molecule has 1 aromatic rings. The van der Waals surface area contributed by atoms with Crippen LogP contribution < -0.4 is 15.4 Å². The van der Waals surface area contributed by atoms with Crippen molar-refractivity contribution in [1.29, 1.82) is 0 Å². The van der Waals surface area contributed by atoms with E-state index >= 15 is 0 Å². The summed E-state index contributed by atoms with van der Waals surface area (Å²) in [6.07, 6.45) is 2.45. The average molecular weight is 363 g/mol. The molecule has 0 spiro atoms. The van der Waals surface area contributed by atoms with Gasteiger partial charge in [0.15, 0.2) is 0 Å². The van der Waals surface area contributed by atoms with Crippen LogP contribution in [0.5, 0.6) is 5.75 Å². The van der Waals surface area contributed by atoms with E-state index in [1.54, 1.807) is 0 Å². The summed E-state index contributed by atoms with van der Waals surface area (Å²) < 4.78 is 10.9. The van der Waals surface area contributed by atoms with Crippen molar-refractivity contribution in [3.63, 3.8) is 0 Å². The van der Waals surface area contributed by atoms with Gasteiger partial charge in [0.2, 0.25) is 0 Å². The van der Waals surface area contributed by atoms with Crippen molar-refractivity contribution >= 4 is 6.09 Å². The van der Waals surface area contributed by atoms with Crippen molar-refractivity contribution in [2.75, 3.05) is 19.7 Å². The average Bonchev–Trinajstić information content (AvgIpc) is 2.52. The lowest BCUT2D eigenvalue weighted by Gasteiger charge is -2.28. The summed E-state index contributed by atoms with van der Waals surface area (Å²) in [5.41, 5.74) is 2.87.